The van der Waals surface area contributed by atoms with Gasteiger partial charge >= 0.3 is 0 Å². The molecule has 0 spiro atoms. The van der Waals surface area contributed by atoms with Gasteiger partial charge in [0.1, 0.15) is 48.8 Å². The zero-order valence-corrected chi connectivity index (χ0v) is 13.5. The first-order valence-corrected chi connectivity index (χ1v) is 7.78. The highest BCUT2D eigenvalue weighted by atomic mass is 16.7. The van der Waals surface area contributed by atoms with Gasteiger partial charge in [-0.1, -0.05) is 0 Å². The second kappa shape index (κ2) is 8.32. The van der Waals surface area contributed by atoms with Crippen LogP contribution in [0, 0.1) is 0 Å². The van der Waals surface area contributed by atoms with Crippen LogP contribution in [-0.2, 0) is 18.9 Å². The smallest absolute Gasteiger partial charge is 0.187 e. The Hall–Kier alpha value is -0.400. The van der Waals surface area contributed by atoms with Crippen LogP contribution >= 0.6 is 0 Å². The minimum absolute atomic E-state index is 0.481. The average molecular weight is 354 g/mol. The Morgan fingerprint density at radius 2 is 1.33 bits per heavy atom. The first-order chi connectivity index (χ1) is 11.3. The highest BCUT2D eigenvalue weighted by Crippen LogP contribution is 2.29. The predicted molar refractivity (Wildman–Crippen MR) is 76.9 cm³/mol. The molecular weight excluding hydrogens is 328 g/mol. The van der Waals surface area contributed by atoms with Crippen LogP contribution in [0.25, 0.3) is 0 Å². The van der Waals surface area contributed by atoms with E-state index in [9.17, 15) is 30.6 Å². The molecule has 0 aromatic rings. The van der Waals surface area contributed by atoms with E-state index in [1.54, 1.807) is 6.92 Å². The molecule has 10 heteroatoms. The third kappa shape index (κ3) is 3.73. The first-order valence-electron chi connectivity index (χ1n) is 7.78. The summed E-state index contributed by atoms with van der Waals surface area (Å²) in [5.74, 6) is 0. The maximum atomic E-state index is 10.2. The summed E-state index contributed by atoms with van der Waals surface area (Å²) in [6.07, 6.45) is -11.7. The Labute approximate surface area is 139 Å². The fraction of sp³-hybridized carbons (Fsp3) is 1.00. The van der Waals surface area contributed by atoms with E-state index in [2.05, 4.69) is 0 Å². The number of hydrogen-bond donors (Lipinski definition) is 6. The highest BCUT2D eigenvalue weighted by molar-refractivity contribution is 4.95. The van der Waals surface area contributed by atoms with Crippen molar-refractivity contribution in [1.29, 1.82) is 0 Å². The van der Waals surface area contributed by atoms with Gasteiger partial charge in [-0.15, -0.1) is 0 Å². The molecule has 10 nitrogen and oxygen atoms in total. The van der Waals surface area contributed by atoms with Gasteiger partial charge in [0.2, 0.25) is 0 Å². The number of aliphatic hydroxyl groups is 6. The molecule has 2 saturated heterocycles. The van der Waals surface area contributed by atoms with Crippen molar-refractivity contribution in [3.63, 3.8) is 0 Å². The molecule has 6 unspecified atom stereocenters. The summed E-state index contributed by atoms with van der Waals surface area (Å²) in [5, 5.41) is 59.1. The van der Waals surface area contributed by atoms with E-state index in [1.807, 2.05) is 0 Å². The standard InChI is InChI=1S/C14H26O10/c1-5-8(17)13(10(19)6(3-15)22-5)24-14-11(20)12(21-2)9(18)7(4-16)23-14/h5-20H,3-4H2,1-2H3/t5-,6?,7?,8?,9+,10+,11?,12?,13?,14-/m0/s1. The molecule has 10 atom stereocenters. The van der Waals surface area contributed by atoms with E-state index >= 15 is 0 Å². The van der Waals surface area contributed by atoms with Gasteiger partial charge in [-0.2, -0.15) is 0 Å². The third-order valence-corrected chi connectivity index (χ3v) is 4.49. The second-order valence-electron chi connectivity index (χ2n) is 6.05. The molecular formula is C14H26O10. The third-order valence-electron chi connectivity index (χ3n) is 4.49. The van der Waals surface area contributed by atoms with Crippen molar-refractivity contribution >= 4 is 0 Å². The Balaban J connectivity index is 2.14. The van der Waals surface area contributed by atoms with Crippen LogP contribution in [-0.4, -0.2) is 112 Å². The van der Waals surface area contributed by atoms with Gasteiger partial charge < -0.3 is 49.6 Å². The Kier molecular flexibility index (Phi) is 6.90. The van der Waals surface area contributed by atoms with Crippen molar-refractivity contribution < 1.29 is 49.6 Å². The summed E-state index contributed by atoms with van der Waals surface area (Å²) in [6.45, 7) is 0.527. The Morgan fingerprint density at radius 1 is 0.792 bits per heavy atom. The molecule has 0 aliphatic carbocycles. The van der Waals surface area contributed by atoms with E-state index in [-0.39, 0.29) is 0 Å². The van der Waals surface area contributed by atoms with E-state index in [0.29, 0.717) is 0 Å². The zero-order valence-electron chi connectivity index (χ0n) is 13.5. The van der Waals surface area contributed by atoms with Gasteiger partial charge in [0, 0.05) is 7.11 Å². The molecule has 0 amide bonds. The average Bonchev–Trinajstić information content (AvgIpc) is 2.57. The Morgan fingerprint density at radius 3 is 1.88 bits per heavy atom. The maximum Gasteiger partial charge on any atom is 0.187 e. The lowest BCUT2D eigenvalue weighted by atomic mass is 9.95. The summed E-state index contributed by atoms with van der Waals surface area (Å²) in [7, 11) is 1.27. The van der Waals surface area contributed by atoms with Gasteiger partial charge in [0.05, 0.1) is 19.3 Å². The molecule has 2 aliphatic rings. The lowest BCUT2D eigenvalue weighted by Crippen LogP contribution is -2.64. The van der Waals surface area contributed by atoms with Crippen LogP contribution in [0.5, 0.6) is 0 Å². The van der Waals surface area contributed by atoms with E-state index in [4.69, 9.17) is 18.9 Å². The summed E-state index contributed by atoms with van der Waals surface area (Å²) in [6, 6.07) is 0. The molecule has 2 fully saturated rings. The number of ether oxygens (including phenoxy) is 4. The van der Waals surface area contributed by atoms with Gasteiger partial charge in [0.15, 0.2) is 6.29 Å². The largest absolute Gasteiger partial charge is 0.394 e. The molecule has 0 saturated carbocycles. The van der Waals surface area contributed by atoms with Crippen molar-refractivity contribution in [2.24, 2.45) is 0 Å². The predicted octanol–water partition coefficient (Wildman–Crippen LogP) is -3.67. The minimum atomic E-state index is -1.42. The number of hydrogen-bond acceptors (Lipinski definition) is 10. The van der Waals surface area contributed by atoms with Crippen LogP contribution < -0.4 is 0 Å². The molecule has 0 bridgehead atoms. The Bertz CT molecular complexity index is 396. The van der Waals surface area contributed by atoms with Crippen LogP contribution in [0.3, 0.4) is 0 Å². The fourth-order valence-corrected chi connectivity index (χ4v) is 3.03. The molecule has 24 heavy (non-hydrogen) atoms. The van der Waals surface area contributed by atoms with E-state index in [0.717, 1.165) is 0 Å². The van der Waals surface area contributed by atoms with Crippen LogP contribution in [0.2, 0.25) is 0 Å². The summed E-state index contributed by atoms with van der Waals surface area (Å²) < 4.78 is 21.1. The lowest BCUT2D eigenvalue weighted by molar-refractivity contribution is -0.342. The van der Waals surface area contributed by atoms with Crippen molar-refractivity contribution in [2.75, 3.05) is 20.3 Å². The molecule has 2 heterocycles. The maximum absolute atomic E-state index is 10.2. The first kappa shape index (κ1) is 19.9. The highest BCUT2D eigenvalue weighted by Gasteiger charge is 2.50. The van der Waals surface area contributed by atoms with Crippen LogP contribution in [0.4, 0.5) is 0 Å². The van der Waals surface area contributed by atoms with E-state index < -0.39 is 74.4 Å². The van der Waals surface area contributed by atoms with Crippen molar-refractivity contribution in [1.82, 2.24) is 0 Å². The normalized spacial score (nSPS) is 50.0. The SMILES string of the molecule is COC1C(O)[C@H](OC2C(O)[C@H](C)OC(CO)[C@H]2O)OC(CO)[C@H]1O. The molecule has 2 rings (SSSR count). The number of aliphatic hydroxyl groups excluding tert-OH is 6. The summed E-state index contributed by atoms with van der Waals surface area (Å²) in [4.78, 5) is 0. The van der Waals surface area contributed by atoms with Crippen molar-refractivity contribution in [3.8, 4) is 0 Å². The molecule has 2 aliphatic heterocycles. The fourth-order valence-electron chi connectivity index (χ4n) is 3.03. The molecule has 6 N–H and O–H groups in total. The van der Waals surface area contributed by atoms with Crippen molar-refractivity contribution in [2.45, 2.75) is 68.1 Å². The van der Waals surface area contributed by atoms with Gasteiger partial charge in [-0.05, 0) is 6.92 Å². The molecule has 0 aromatic carbocycles. The van der Waals surface area contributed by atoms with Gasteiger partial charge in [-0.3, -0.25) is 0 Å². The monoisotopic (exact) mass is 354 g/mol. The van der Waals surface area contributed by atoms with Gasteiger partial charge in [-0.25, -0.2) is 0 Å². The number of methoxy groups -OCH3 is 1. The zero-order chi connectivity index (χ0) is 18.0. The van der Waals surface area contributed by atoms with Crippen molar-refractivity contribution in [3.05, 3.63) is 0 Å². The second-order valence-corrected chi connectivity index (χ2v) is 6.05. The molecule has 0 aromatic heterocycles. The van der Waals surface area contributed by atoms with Crippen LogP contribution in [0.15, 0.2) is 0 Å². The van der Waals surface area contributed by atoms with Gasteiger partial charge in [0.25, 0.3) is 0 Å². The quantitative estimate of drug-likeness (QED) is 0.290. The summed E-state index contributed by atoms with van der Waals surface area (Å²) in [5.41, 5.74) is 0. The lowest BCUT2D eigenvalue weighted by Gasteiger charge is -2.46. The van der Waals surface area contributed by atoms with Crippen LogP contribution in [0.1, 0.15) is 6.92 Å². The van der Waals surface area contributed by atoms with E-state index in [1.165, 1.54) is 7.11 Å². The topological polar surface area (TPSA) is 158 Å². The number of rotatable bonds is 5. The minimum Gasteiger partial charge on any atom is -0.394 e. The molecule has 142 valence electrons. The summed E-state index contributed by atoms with van der Waals surface area (Å²) >= 11 is 0. The molecule has 0 radical (unpaired) electrons.